The summed E-state index contributed by atoms with van der Waals surface area (Å²) in [5, 5.41) is 0. The van der Waals surface area contributed by atoms with Gasteiger partial charge >= 0.3 is 0 Å². The van der Waals surface area contributed by atoms with Crippen molar-refractivity contribution >= 4 is 8.03 Å². The number of ether oxygens (including phenoxy) is 4. The Bertz CT molecular complexity index is 321. The van der Waals surface area contributed by atoms with E-state index >= 15 is 0 Å². The van der Waals surface area contributed by atoms with E-state index in [0.717, 1.165) is 0 Å². The van der Waals surface area contributed by atoms with Gasteiger partial charge < -0.3 is 23.5 Å². The Labute approximate surface area is 108 Å². The fourth-order valence-electron chi connectivity index (χ4n) is 2.43. The summed E-state index contributed by atoms with van der Waals surface area (Å²) in [6.07, 6.45) is 0.121. The second-order valence-electron chi connectivity index (χ2n) is 4.96. The van der Waals surface area contributed by atoms with Gasteiger partial charge in [-0.2, -0.15) is 0 Å². The normalized spacial score (nSPS) is 39.8. The molecular formula is C11H21O6P. The summed E-state index contributed by atoms with van der Waals surface area (Å²) in [4.78, 5) is 0. The van der Waals surface area contributed by atoms with Crippen LogP contribution in [0, 0.1) is 0 Å². The topological polar surface area (TPSA) is 63.2 Å². The first-order chi connectivity index (χ1) is 8.46. The van der Waals surface area contributed by atoms with Gasteiger partial charge in [0, 0.05) is 20.4 Å². The molecule has 0 aliphatic carbocycles. The van der Waals surface area contributed by atoms with E-state index in [-0.39, 0.29) is 18.3 Å². The summed E-state index contributed by atoms with van der Waals surface area (Å²) in [6.45, 7) is 3.74. The van der Waals surface area contributed by atoms with Crippen LogP contribution in [-0.2, 0) is 28.0 Å². The minimum Gasteiger partial charge on any atom is -0.353 e. The van der Waals surface area contributed by atoms with Crippen molar-refractivity contribution in [3.8, 4) is 0 Å². The molecule has 0 spiro atoms. The first kappa shape index (κ1) is 14.4. The Morgan fingerprint density at radius 2 is 1.89 bits per heavy atom. The molecule has 0 radical (unpaired) electrons. The van der Waals surface area contributed by atoms with Gasteiger partial charge in [0.1, 0.15) is 12.2 Å². The minimum atomic E-state index is -1.96. The Morgan fingerprint density at radius 3 is 2.50 bits per heavy atom. The number of rotatable bonds is 5. The van der Waals surface area contributed by atoms with Crippen molar-refractivity contribution in [2.24, 2.45) is 0 Å². The number of methoxy groups -OCH3 is 1. The SMILES string of the molecule is CO[C@@H]1O[C@H](CC[PH](=O)OC)[C@H]2OC(C)(C)O[C@@H]12. The number of hydrogen-bond acceptors (Lipinski definition) is 6. The molecule has 0 amide bonds. The van der Waals surface area contributed by atoms with Gasteiger partial charge in [-0.3, -0.25) is 4.57 Å². The average Bonchev–Trinajstić information content (AvgIpc) is 2.79. The lowest BCUT2D eigenvalue weighted by Crippen LogP contribution is -2.30. The quantitative estimate of drug-likeness (QED) is 0.709. The van der Waals surface area contributed by atoms with E-state index in [0.29, 0.717) is 12.6 Å². The molecule has 0 aromatic carbocycles. The van der Waals surface area contributed by atoms with E-state index < -0.39 is 20.1 Å². The van der Waals surface area contributed by atoms with Gasteiger partial charge in [0.2, 0.25) is 0 Å². The van der Waals surface area contributed by atoms with Gasteiger partial charge in [-0.25, -0.2) is 0 Å². The molecule has 106 valence electrons. The summed E-state index contributed by atoms with van der Waals surface area (Å²) in [5.74, 6) is -0.624. The van der Waals surface area contributed by atoms with Crippen molar-refractivity contribution in [2.45, 2.75) is 50.7 Å². The van der Waals surface area contributed by atoms with E-state index in [4.69, 9.17) is 23.5 Å². The van der Waals surface area contributed by atoms with Gasteiger partial charge in [0.15, 0.2) is 20.1 Å². The minimum absolute atomic E-state index is 0.161. The van der Waals surface area contributed by atoms with Crippen LogP contribution in [0.5, 0.6) is 0 Å². The van der Waals surface area contributed by atoms with E-state index in [2.05, 4.69) is 0 Å². The molecule has 7 heteroatoms. The molecule has 0 aromatic heterocycles. The standard InChI is InChI=1S/C11H21O6P/c1-11(2)16-8-7(5-6-18(12)14-4)15-10(13-3)9(8)17-11/h7-10,18H,5-6H2,1-4H3/t7-,8-,9-,10-/m1/s1. The maximum Gasteiger partial charge on any atom is 0.191 e. The molecule has 0 saturated carbocycles. The molecule has 2 rings (SSSR count). The first-order valence-corrected chi connectivity index (χ1v) is 7.60. The zero-order valence-electron chi connectivity index (χ0n) is 11.2. The molecular weight excluding hydrogens is 259 g/mol. The highest BCUT2D eigenvalue weighted by Crippen LogP contribution is 2.40. The fraction of sp³-hybridized carbons (Fsp3) is 1.00. The van der Waals surface area contributed by atoms with Crippen LogP contribution in [0.1, 0.15) is 20.3 Å². The monoisotopic (exact) mass is 280 g/mol. The van der Waals surface area contributed by atoms with Crippen molar-refractivity contribution in [1.29, 1.82) is 0 Å². The molecule has 1 unspecified atom stereocenters. The molecule has 0 N–H and O–H groups in total. The molecule has 2 aliphatic rings. The van der Waals surface area contributed by atoms with Crippen molar-refractivity contribution in [1.82, 2.24) is 0 Å². The van der Waals surface area contributed by atoms with Gasteiger partial charge in [-0.15, -0.1) is 0 Å². The molecule has 0 bridgehead atoms. The van der Waals surface area contributed by atoms with Gasteiger partial charge in [-0.05, 0) is 20.3 Å². The predicted molar refractivity (Wildman–Crippen MR) is 65.0 cm³/mol. The summed E-state index contributed by atoms with van der Waals surface area (Å²) in [5.41, 5.74) is 0. The summed E-state index contributed by atoms with van der Waals surface area (Å²) in [7, 11) is 1.07. The largest absolute Gasteiger partial charge is 0.353 e. The number of fused-ring (bicyclic) bond motifs is 1. The van der Waals surface area contributed by atoms with E-state index in [1.165, 1.54) is 7.11 Å². The van der Waals surface area contributed by atoms with Crippen LogP contribution in [0.25, 0.3) is 0 Å². The number of hydrogen-bond donors (Lipinski definition) is 0. The van der Waals surface area contributed by atoms with Crippen LogP contribution in [0.15, 0.2) is 0 Å². The van der Waals surface area contributed by atoms with Crippen LogP contribution >= 0.6 is 8.03 Å². The van der Waals surface area contributed by atoms with Crippen molar-refractivity contribution in [3.05, 3.63) is 0 Å². The van der Waals surface area contributed by atoms with Crippen LogP contribution in [-0.4, -0.2) is 50.8 Å². The molecule has 6 nitrogen and oxygen atoms in total. The highest BCUT2D eigenvalue weighted by atomic mass is 31.1. The second kappa shape index (κ2) is 5.57. The third-order valence-corrected chi connectivity index (χ3v) is 4.35. The lowest BCUT2D eigenvalue weighted by Gasteiger charge is -2.23. The van der Waals surface area contributed by atoms with E-state index in [9.17, 15) is 4.57 Å². The molecule has 5 atom stereocenters. The Kier molecular flexibility index (Phi) is 4.47. The van der Waals surface area contributed by atoms with Crippen LogP contribution in [0.4, 0.5) is 0 Å². The fourth-order valence-corrected chi connectivity index (χ4v) is 3.15. The molecule has 0 aromatic rings. The molecule has 2 fully saturated rings. The van der Waals surface area contributed by atoms with E-state index in [1.807, 2.05) is 13.8 Å². The maximum absolute atomic E-state index is 11.3. The Balaban J connectivity index is 1.98. The highest BCUT2D eigenvalue weighted by molar-refractivity contribution is 7.39. The predicted octanol–water partition coefficient (Wildman–Crippen LogP) is 1.39. The van der Waals surface area contributed by atoms with Crippen molar-refractivity contribution in [2.75, 3.05) is 20.4 Å². The van der Waals surface area contributed by atoms with Gasteiger partial charge in [0.05, 0.1) is 6.10 Å². The van der Waals surface area contributed by atoms with Crippen LogP contribution in [0.2, 0.25) is 0 Å². The van der Waals surface area contributed by atoms with E-state index in [1.54, 1.807) is 7.11 Å². The smallest absolute Gasteiger partial charge is 0.191 e. The Morgan fingerprint density at radius 1 is 1.22 bits per heavy atom. The molecule has 2 heterocycles. The molecule has 2 aliphatic heterocycles. The molecule has 18 heavy (non-hydrogen) atoms. The lowest BCUT2D eigenvalue weighted by atomic mass is 10.1. The average molecular weight is 280 g/mol. The maximum atomic E-state index is 11.3. The summed E-state index contributed by atoms with van der Waals surface area (Å²) < 4.78 is 38.7. The van der Waals surface area contributed by atoms with Crippen LogP contribution in [0.3, 0.4) is 0 Å². The van der Waals surface area contributed by atoms with Crippen molar-refractivity contribution < 1.29 is 28.0 Å². The van der Waals surface area contributed by atoms with Crippen molar-refractivity contribution in [3.63, 3.8) is 0 Å². The lowest BCUT2D eigenvalue weighted by molar-refractivity contribution is -0.227. The Hall–Kier alpha value is 0.0300. The summed E-state index contributed by atoms with van der Waals surface area (Å²) >= 11 is 0. The second-order valence-corrected chi connectivity index (χ2v) is 6.61. The van der Waals surface area contributed by atoms with Crippen LogP contribution < -0.4 is 0 Å². The highest BCUT2D eigenvalue weighted by Gasteiger charge is 2.55. The third kappa shape index (κ3) is 2.95. The molecule has 2 saturated heterocycles. The van der Waals surface area contributed by atoms with Gasteiger partial charge in [0.25, 0.3) is 0 Å². The zero-order valence-corrected chi connectivity index (χ0v) is 12.2. The van der Waals surface area contributed by atoms with Gasteiger partial charge in [-0.1, -0.05) is 0 Å². The third-order valence-electron chi connectivity index (χ3n) is 3.20. The zero-order chi connectivity index (χ0) is 13.3. The first-order valence-electron chi connectivity index (χ1n) is 6.07. The summed E-state index contributed by atoms with van der Waals surface area (Å²) in [6, 6.07) is 0.